The molecule has 3 atom stereocenters. The Morgan fingerprint density at radius 1 is 0.881 bits per heavy atom. The highest BCUT2D eigenvalue weighted by molar-refractivity contribution is 6.39. The van der Waals surface area contributed by atoms with E-state index < -0.39 is 71.1 Å². The van der Waals surface area contributed by atoms with E-state index in [9.17, 15) is 33.6 Å². The fraction of sp³-hybridized carbons (Fsp3) is 0.367. The monoisotopic (exact) mass is 576 g/mol. The van der Waals surface area contributed by atoms with Gasteiger partial charge in [-0.15, -0.1) is 0 Å². The summed E-state index contributed by atoms with van der Waals surface area (Å²) in [7, 11) is 3.92. The lowest BCUT2D eigenvalue weighted by atomic mass is 9.72. The molecule has 0 aromatic carbocycles. The highest BCUT2D eigenvalue weighted by Crippen LogP contribution is 2.46. The molecule has 0 unspecified atom stereocenters. The molecular formula is C30H28N2O10. The van der Waals surface area contributed by atoms with Gasteiger partial charge >= 0.3 is 5.97 Å². The fourth-order valence-electron chi connectivity index (χ4n) is 6.14. The largest absolute Gasteiger partial charge is 0.492 e. The average Bonchev–Trinajstić information content (AvgIpc) is 2.96. The molecule has 0 saturated carbocycles. The van der Waals surface area contributed by atoms with Gasteiger partial charge in [0.05, 0.1) is 25.8 Å². The van der Waals surface area contributed by atoms with Gasteiger partial charge in [-0.3, -0.25) is 33.7 Å². The molecule has 1 fully saturated rings. The number of methoxy groups -OCH3 is 2. The molecule has 5 rings (SSSR count). The molecule has 0 N–H and O–H groups in total. The summed E-state index contributed by atoms with van der Waals surface area (Å²) in [5.41, 5.74) is -0.504. The van der Waals surface area contributed by atoms with E-state index in [1.54, 1.807) is 6.92 Å². The number of Topliss-reactive ketones (excluding diaryl/α,β-unsaturated/α-hetero) is 5. The zero-order chi connectivity index (χ0) is 30.9. The Hall–Kier alpha value is -4.71. The minimum absolute atomic E-state index is 0.0308. The summed E-state index contributed by atoms with van der Waals surface area (Å²) in [4.78, 5) is 97.3. The maximum Gasteiger partial charge on any atom is 0.333 e. The third-order valence-corrected chi connectivity index (χ3v) is 8.38. The molecule has 12 heteroatoms. The van der Waals surface area contributed by atoms with Crippen molar-refractivity contribution in [1.82, 2.24) is 9.80 Å². The van der Waals surface area contributed by atoms with Crippen LogP contribution < -0.4 is 0 Å². The van der Waals surface area contributed by atoms with E-state index in [0.29, 0.717) is 0 Å². The lowest BCUT2D eigenvalue weighted by Gasteiger charge is -2.53. The number of fused-ring (bicyclic) bond motifs is 5. The summed E-state index contributed by atoms with van der Waals surface area (Å²) in [5, 5.41) is 0. The van der Waals surface area contributed by atoms with E-state index in [4.69, 9.17) is 14.2 Å². The van der Waals surface area contributed by atoms with E-state index in [-0.39, 0.29) is 50.7 Å². The molecule has 12 nitrogen and oxygen atoms in total. The van der Waals surface area contributed by atoms with Crippen molar-refractivity contribution in [1.29, 1.82) is 0 Å². The molecule has 0 radical (unpaired) electrons. The molecule has 1 amide bonds. The summed E-state index contributed by atoms with van der Waals surface area (Å²) in [6, 6.07) is -4.00. The van der Waals surface area contributed by atoms with Gasteiger partial charge < -0.3 is 19.1 Å². The zero-order valence-electron chi connectivity index (χ0n) is 24.1. The van der Waals surface area contributed by atoms with Crippen LogP contribution >= 0.6 is 0 Å². The average molecular weight is 577 g/mol. The molecule has 218 valence electrons. The predicted molar refractivity (Wildman–Crippen MR) is 143 cm³/mol. The summed E-state index contributed by atoms with van der Waals surface area (Å²) in [5.74, 6) is -5.55. The smallest absolute Gasteiger partial charge is 0.333 e. The minimum atomic E-state index is -1.52. The number of nitrogens with zero attached hydrogens (tertiary/aromatic N) is 2. The zero-order valence-corrected chi connectivity index (χ0v) is 24.1. The number of hydrogen-bond donors (Lipinski definition) is 0. The van der Waals surface area contributed by atoms with Crippen LogP contribution in [-0.2, 0) is 47.8 Å². The number of rotatable bonds is 5. The standard InChI is InChI=1S/C30H28N2O10/c1-8-11(2)30(39)42-10-16-17-14(22(33)12(3)27(40-6)25(17)36)9-15-20-18-19(23(34)13(4)28(41-7)26(18)37)24(35)21(31(20)5)29(38)32(15)16/h8-9,16,20-21H,10H2,1-7H3/b11-8-/t16-,20+,21-/m0/s1. The Labute approximate surface area is 240 Å². The van der Waals surface area contributed by atoms with Crippen LogP contribution in [0, 0.1) is 0 Å². The first-order valence-electron chi connectivity index (χ1n) is 13.1. The molecule has 1 saturated heterocycles. The van der Waals surface area contributed by atoms with Gasteiger partial charge in [-0.1, -0.05) is 6.08 Å². The number of hydrogen-bond acceptors (Lipinski definition) is 11. The van der Waals surface area contributed by atoms with Crippen LogP contribution in [0.15, 0.2) is 68.4 Å². The lowest BCUT2D eigenvalue weighted by Crippen LogP contribution is -2.69. The van der Waals surface area contributed by atoms with Crippen LogP contribution in [0.1, 0.15) is 27.7 Å². The van der Waals surface area contributed by atoms with E-state index in [1.165, 1.54) is 59.1 Å². The number of likely N-dealkylation sites (N-methyl/N-ethyl adjacent to an activating group) is 1. The van der Waals surface area contributed by atoms with E-state index in [0.717, 1.165) is 4.90 Å². The second-order valence-electron chi connectivity index (χ2n) is 10.4. The van der Waals surface area contributed by atoms with Crippen molar-refractivity contribution in [2.24, 2.45) is 0 Å². The topological polar surface area (TPSA) is 154 Å². The van der Waals surface area contributed by atoms with Crippen molar-refractivity contribution in [3.05, 3.63) is 68.4 Å². The fourth-order valence-corrected chi connectivity index (χ4v) is 6.14. The molecular weight excluding hydrogens is 548 g/mol. The normalized spacial score (nSPS) is 26.5. The van der Waals surface area contributed by atoms with Crippen LogP contribution in [0.3, 0.4) is 0 Å². The maximum atomic E-state index is 14.1. The maximum absolute atomic E-state index is 14.1. The van der Waals surface area contributed by atoms with Crippen molar-refractivity contribution in [3.8, 4) is 0 Å². The van der Waals surface area contributed by atoms with E-state index in [2.05, 4.69) is 0 Å². The quantitative estimate of drug-likeness (QED) is 0.149. The minimum Gasteiger partial charge on any atom is -0.492 e. The van der Waals surface area contributed by atoms with E-state index in [1.807, 2.05) is 0 Å². The van der Waals surface area contributed by atoms with Gasteiger partial charge in [-0.05, 0) is 40.8 Å². The molecule has 3 heterocycles. The van der Waals surface area contributed by atoms with Gasteiger partial charge in [0.15, 0.2) is 34.9 Å². The Kier molecular flexibility index (Phi) is 6.85. The van der Waals surface area contributed by atoms with Gasteiger partial charge in [-0.2, -0.15) is 0 Å². The first-order valence-corrected chi connectivity index (χ1v) is 13.1. The predicted octanol–water partition coefficient (Wildman–Crippen LogP) is 0.593. The van der Waals surface area contributed by atoms with Gasteiger partial charge in [0, 0.05) is 39.1 Å². The molecule has 0 spiro atoms. The Bertz CT molecular complexity index is 1650. The molecule has 42 heavy (non-hydrogen) atoms. The van der Waals surface area contributed by atoms with Gasteiger partial charge in [-0.25, -0.2) is 4.79 Å². The van der Waals surface area contributed by atoms with Crippen LogP contribution in [-0.4, -0.2) is 96.6 Å². The number of esters is 1. The number of carbonyl (C=O) groups excluding carboxylic acids is 7. The lowest BCUT2D eigenvalue weighted by molar-refractivity contribution is -0.152. The van der Waals surface area contributed by atoms with Crippen LogP contribution in [0.5, 0.6) is 0 Å². The first-order chi connectivity index (χ1) is 19.8. The van der Waals surface area contributed by atoms with Crippen molar-refractivity contribution in [2.75, 3.05) is 27.9 Å². The number of allylic oxidation sites excluding steroid dienone is 7. The summed E-state index contributed by atoms with van der Waals surface area (Å²) in [6.45, 7) is 5.40. The van der Waals surface area contributed by atoms with E-state index >= 15 is 0 Å². The van der Waals surface area contributed by atoms with Crippen molar-refractivity contribution in [3.63, 3.8) is 0 Å². The number of ketones is 5. The van der Waals surface area contributed by atoms with Crippen LogP contribution in [0.4, 0.5) is 0 Å². The second-order valence-corrected chi connectivity index (χ2v) is 10.4. The second kappa shape index (κ2) is 9.98. The first kappa shape index (κ1) is 28.8. The van der Waals surface area contributed by atoms with Crippen molar-refractivity contribution >= 4 is 40.8 Å². The molecule has 5 aliphatic rings. The summed E-state index contributed by atoms with van der Waals surface area (Å²) < 4.78 is 15.9. The molecule has 2 bridgehead atoms. The van der Waals surface area contributed by atoms with Crippen molar-refractivity contribution in [2.45, 2.75) is 45.8 Å². The Morgan fingerprint density at radius 2 is 1.45 bits per heavy atom. The number of piperazine rings is 1. The molecule has 0 aromatic rings. The van der Waals surface area contributed by atoms with Gasteiger partial charge in [0.1, 0.15) is 12.6 Å². The van der Waals surface area contributed by atoms with Crippen LogP contribution in [0.25, 0.3) is 0 Å². The third kappa shape index (κ3) is 3.67. The SMILES string of the molecule is C/C=C(/C)C(=O)OC[C@H]1C2=C(C=C3[C@@H]4C5=C(C(=O)C(C)=C(OC)C5=O)C(=O)[C@@H](C(=O)N31)N4C)C(=O)C(C)=C(OC)C2=O. The number of carbonyl (C=O) groups is 7. The van der Waals surface area contributed by atoms with Gasteiger partial charge in [0.25, 0.3) is 5.91 Å². The molecule has 2 aliphatic carbocycles. The summed E-state index contributed by atoms with van der Waals surface area (Å²) >= 11 is 0. The highest BCUT2D eigenvalue weighted by atomic mass is 16.5. The Morgan fingerprint density at radius 3 is 2.02 bits per heavy atom. The highest BCUT2D eigenvalue weighted by Gasteiger charge is 2.60. The Balaban J connectivity index is 1.76. The molecule has 3 aliphatic heterocycles. The summed E-state index contributed by atoms with van der Waals surface area (Å²) in [6.07, 6.45) is 2.85. The number of amides is 1. The number of ether oxygens (including phenoxy) is 3. The molecule has 0 aromatic heterocycles. The van der Waals surface area contributed by atoms with Gasteiger partial charge in [0.2, 0.25) is 11.6 Å². The van der Waals surface area contributed by atoms with Crippen LogP contribution in [0.2, 0.25) is 0 Å². The third-order valence-electron chi connectivity index (χ3n) is 8.38. The van der Waals surface area contributed by atoms with Crippen molar-refractivity contribution < 1.29 is 47.8 Å².